The van der Waals surface area contributed by atoms with Gasteiger partial charge in [-0.1, -0.05) is 48.5 Å². The zero-order chi connectivity index (χ0) is 50.6. The first-order valence-electron chi connectivity index (χ1n) is 27.4. The average Bonchev–Trinajstić information content (AvgIpc) is 3.44. The lowest BCUT2D eigenvalue weighted by molar-refractivity contribution is -0.169. The van der Waals surface area contributed by atoms with E-state index in [2.05, 4.69) is 159 Å². The second-order valence-electron chi connectivity index (χ2n) is 20.6. The molecule has 0 amide bonds. The van der Waals surface area contributed by atoms with Crippen molar-refractivity contribution in [1.29, 1.82) is 0 Å². The van der Waals surface area contributed by atoms with Gasteiger partial charge in [0, 0.05) is 60.6 Å². The Kier molecular flexibility index (Phi) is 17.9. The minimum Gasteiger partial charge on any atom is -0.353 e. The van der Waals surface area contributed by atoms with Gasteiger partial charge in [0.05, 0.1) is 26.4 Å². The number of rotatable bonds is 19. The Morgan fingerprint density at radius 2 is 0.568 bits per heavy atom. The van der Waals surface area contributed by atoms with Crippen molar-refractivity contribution < 1.29 is 37.9 Å². The topological polar surface area (TPSA) is 80.3 Å². The fraction of sp³-hybridized carbons (Fsp3) is 0.438. The number of anilines is 6. The Bertz CT molecular complexity index is 2410. The fourth-order valence-electron chi connectivity index (χ4n) is 10.5. The maximum absolute atomic E-state index is 6.23. The Hall–Kier alpha value is -5.40. The van der Waals surface area contributed by atoms with Crippen molar-refractivity contribution in [2.24, 2.45) is 0 Å². The summed E-state index contributed by atoms with van der Waals surface area (Å²) in [5.74, 6) is 0. The molecule has 0 aliphatic carbocycles. The summed E-state index contributed by atoms with van der Waals surface area (Å²) < 4.78 is 48.4. The third kappa shape index (κ3) is 13.3. The maximum Gasteiger partial charge on any atom is 0.158 e. The lowest BCUT2D eigenvalue weighted by Crippen LogP contribution is -2.22. The summed E-state index contributed by atoms with van der Waals surface area (Å²) in [5.41, 5.74) is 18.1. The summed E-state index contributed by atoms with van der Waals surface area (Å²) in [7, 11) is 0. The molecule has 0 spiro atoms. The van der Waals surface area contributed by atoms with Crippen LogP contribution in [-0.2, 0) is 64.3 Å². The summed E-state index contributed by atoms with van der Waals surface area (Å²) >= 11 is 0. The van der Waals surface area contributed by atoms with Crippen LogP contribution in [0, 0.1) is 27.7 Å². The van der Waals surface area contributed by atoms with E-state index in [1.165, 1.54) is 22.3 Å². The van der Waals surface area contributed by atoms with E-state index in [0.29, 0.717) is 26.4 Å². The maximum atomic E-state index is 6.23. The molecule has 10 rings (SSSR count). The van der Waals surface area contributed by atoms with Crippen molar-refractivity contribution in [3.05, 3.63) is 166 Å². The van der Waals surface area contributed by atoms with Gasteiger partial charge in [-0.2, -0.15) is 0 Å². The highest BCUT2D eigenvalue weighted by atomic mass is 16.7. The van der Waals surface area contributed by atoms with Gasteiger partial charge in [-0.3, -0.25) is 0 Å². The average molecular weight is 1000 g/mol. The lowest BCUT2D eigenvalue weighted by Gasteiger charge is -2.28. The molecule has 4 aliphatic rings. The number of aryl methyl sites for hydroxylation is 4. The number of hydrogen-bond acceptors (Lipinski definition) is 10. The molecule has 4 saturated heterocycles. The van der Waals surface area contributed by atoms with E-state index >= 15 is 0 Å². The molecule has 0 saturated carbocycles. The summed E-state index contributed by atoms with van der Waals surface area (Å²) in [6.45, 7) is 13.9. The summed E-state index contributed by atoms with van der Waals surface area (Å²) in [6.07, 6.45) is 12.2. The lowest BCUT2D eigenvalue weighted by atomic mass is 10.0. The van der Waals surface area contributed by atoms with Gasteiger partial charge < -0.3 is 47.7 Å². The quantitative estimate of drug-likeness (QED) is 0.0783. The number of benzene rings is 6. The molecule has 4 fully saturated rings. The van der Waals surface area contributed by atoms with Gasteiger partial charge in [-0.25, -0.2) is 0 Å². The molecule has 0 N–H and O–H groups in total. The minimum atomic E-state index is -0.133. The van der Waals surface area contributed by atoms with Crippen molar-refractivity contribution in [2.75, 3.05) is 36.2 Å². The second kappa shape index (κ2) is 25.4. The third-order valence-electron chi connectivity index (χ3n) is 15.2. The number of ether oxygens (including phenoxy) is 8. The van der Waals surface area contributed by atoms with Crippen molar-refractivity contribution in [2.45, 2.75) is 156 Å². The molecular weight excluding hydrogens is 925 g/mol. The first-order valence-corrected chi connectivity index (χ1v) is 27.4. The largest absolute Gasteiger partial charge is 0.353 e. The molecule has 10 nitrogen and oxygen atoms in total. The molecule has 74 heavy (non-hydrogen) atoms. The highest BCUT2D eigenvalue weighted by molar-refractivity contribution is 5.81. The van der Waals surface area contributed by atoms with Crippen molar-refractivity contribution in [1.82, 2.24) is 0 Å². The Morgan fingerprint density at radius 3 is 0.784 bits per heavy atom. The molecule has 6 aromatic carbocycles. The van der Waals surface area contributed by atoms with Crippen LogP contribution in [0.25, 0.3) is 11.1 Å². The van der Waals surface area contributed by atoms with Crippen molar-refractivity contribution in [3.63, 3.8) is 0 Å². The standard InChI is InChI=1S/C64H76N2O8/c1-45-37-57(29-21-51(45)41-71-61-13-5-9-33-67-61)65(58-30-22-52(46(2)38-58)42-72-62-14-6-10-34-68-62)55-25-17-49(18-26-55)50-19-27-56(28-20-50)66(59-31-23-53(47(3)39-59)43-73-63-15-7-11-35-69-63)60-32-24-54(48(4)40-60)44-74-64-16-8-12-36-70-64/h17-32,37-40,61-64H,5-16,33-36,41-44H2,1-4H3. The van der Waals surface area contributed by atoms with E-state index in [1.54, 1.807) is 0 Å². The molecule has 6 aromatic rings. The molecule has 4 atom stereocenters. The van der Waals surface area contributed by atoms with Crippen LogP contribution in [0.1, 0.15) is 122 Å². The smallest absolute Gasteiger partial charge is 0.158 e. The predicted octanol–water partition coefficient (Wildman–Crippen LogP) is 15.7. The molecule has 390 valence electrons. The van der Waals surface area contributed by atoms with Crippen LogP contribution in [0.2, 0.25) is 0 Å². The van der Waals surface area contributed by atoms with Crippen molar-refractivity contribution in [3.8, 4) is 11.1 Å². The molecule has 10 heteroatoms. The van der Waals surface area contributed by atoms with Gasteiger partial charge in [0.25, 0.3) is 0 Å². The molecule has 0 aromatic heterocycles. The van der Waals surface area contributed by atoms with Crippen LogP contribution in [0.4, 0.5) is 34.1 Å². The van der Waals surface area contributed by atoms with E-state index in [9.17, 15) is 0 Å². The summed E-state index contributed by atoms with van der Waals surface area (Å²) in [5, 5.41) is 0. The summed E-state index contributed by atoms with van der Waals surface area (Å²) in [6, 6.07) is 44.6. The molecule has 0 bridgehead atoms. The molecule has 4 unspecified atom stereocenters. The van der Waals surface area contributed by atoms with Crippen LogP contribution in [0.3, 0.4) is 0 Å². The fourth-order valence-corrected chi connectivity index (χ4v) is 10.5. The molecular formula is C64H76N2O8. The molecule has 0 radical (unpaired) electrons. The monoisotopic (exact) mass is 1000 g/mol. The second-order valence-corrected chi connectivity index (χ2v) is 20.6. The highest BCUT2D eigenvalue weighted by Gasteiger charge is 2.22. The Balaban J connectivity index is 0.911. The zero-order valence-electron chi connectivity index (χ0n) is 44.2. The first-order chi connectivity index (χ1) is 36.3. The summed E-state index contributed by atoms with van der Waals surface area (Å²) in [4.78, 5) is 4.70. The SMILES string of the molecule is Cc1cc(N(c2ccc(-c3ccc(N(c4ccc(COC5CCCCO5)c(C)c4)c4ccc(COC5CCCCO5)c(C)c4)cc3)cc2)c2ccc(COC3CCCCO3)c(C)c2)ccc1COC1CCCCO1. The van der Waals surface area contributed by atoms with E-state index < -0.39 is 0 Å². The van der Waals surface area contributed by atoms with E-state index in [-0.39, 0.29) is 25.2 Å². The van der Waals surface area contributed by atoms with Gasteiger partial charge in [-0.05, 0) is 233 Å². The van der Waals surface area contributed by atoms with Gasteiger partial charge in [0.1, 0.15) is 0 Å². The van der Waals surface area contributed by atoms with Crippen LogP contribution in [0.15, 0.2) is 121 Å². The van der Waals surface area contributed by atoms with Gasteiger partial charge >= 0.3 is 0 Å². The zero-order valence-corrected chi connectivity index (χ0v) is 44.2. The number of hydrogen-bond donors (Lipinski definition) is 0. The van der Waals surface area contributed by atoms with Crippen LogP contribution >= 0.6 is 0 Å². The number of nitrogens with zero attached hydrogens (tertiary/aromatic N) is 2. The minimum absolute atomic E-state index is 0.133. The Labute approximate surface area is 439 Å². The van der Waals surface area contributed by atoms with E-state index in [0.717, 1.165) is 171 Å². The molecule has 4 heterocycles. The normalized spacial score (nSPS) is 20.3. The van der Waals surface area contributed by atoms with Crippen LogP contribution < -0.4 is 9.80 Å². The van der Waals surface area contributed by atoms with Gasteiger partial charge in [0.15, 0.2) is 25.2 Å². The third-order valence-corrected chi connectivity index (χ3v) is 15.2. The van der Waals surface area contributed by atoms with Crippen molar-refractivity contribution >= 4 is 34.1 Å². The predicted molar refractivity (Wildman–Crippen MR) is 294 cm³/mol. The van der Waals surface area contributed by atoms with Crippen LogP contribution in [0.5, 0.6) is 0 Å². The van der Waals surface area contributed by atoms with Gasteiger partial charge in [0.2, 0.25) is 0 Å². The van der Waals surface area contributed by atoms with E-state index in [4.69, 9.17) is 37.9 Å². The highest BCUT2D eigenvalue weighted by Crippen LogP contribution is 2.40. The van der Waals surface area contributed by atoms with Gasteiger partial charge in [-0.15, -0.1) is 0 Å². The Morgan fingerprint density at radius 1 is 0.324 bits per heavy atom. The van der Waals surface area contributed by atoms with E-state index in [1.807, 2.05) is 0 Å². The first kappa shape index (κ1) is 52.1. The molecule has 4 aliphatic heterocycles. The van der Waals surface area contributed by atoms with Crippen LogP contribution in [-0.4, -0.2) is 51.6 Å².